The highest BCUT2D eigenvalue weighted by Gasteiger charge is 1.99. The Morgan fingerprint density at radius 3 is 2.50 bits per heavy atom. The lowest BCUT2D eigenvalue weighted by Gasteiger charge is -2.06. The Labute approximate surface area is 147 Å². The summed E-state index contributed by atoms with van der Waals surface area (Å²) < 4.78 is 5.80. The summed E-state index contributed by atoms with van der Waals surface area (Å²) in [7, 11) is 0. The third-order valence-electron chi connectivity index (χ3n) is 4.14. The number of aryl methyl sites for hydroxylation is 1. The molecule has 0 N–H and O–H groups in total. The quantitative estimate of drug-likeness (QED) is 0.464. The Hall–Kier alpha value is -2.02. The summed E-state index contributed by atoms with van der Waals surface area (Å²) >= 11 is 0. The first-order chi connectivity index (χ1) is 11.8. The van der Waals surface area contributed by atoms with E-state index in [-0.39, 0.29) is 0 Å². The van der Waals surface area contributed by atoms with E-state index in [1.54, 1.807) is 0 Å². The number of allylic oxidation sites excluding steroid dienone is 6. The van der Waals surface area contributed by atoms with Crippen molar-refractivity contribution in [3.63, 3.8) is 0 Å². The monoisotopic (exact) mass is 322 g/mol. The highest BCUT2D eigenvalue weighted by molar-refractivity contribution is 5.56. The van der Waals surface area contributed by atoms with Gasteiger partial charge in [0.25, 0.3) is 0 Å². The minimum atomic E-state index is 0.819. The molecular formula is C23H30O. The van der Waals surface area contributed by atoms with Crippen molar-refractivity contribution in [1.82, 2.24) is 0 Å². The normalized spacial score (nSPS) is 14.4. The average Bonchev–Trinajstić information content (AvgIpc) is 2.85. The molecule has 0 saturated carbocycles. The zero-order chi connectivity index (χ0) is 17.0. The maximum absolute atomic E-state index is 5.80. The third kappa shape index (κ3) is 6.62. The Morgan fingerprint density at radius 1 is 0.958 bits per heavy atom. The van der Waals surface area contributed by atoms with Crippen molar-refractivity contribution in [3.05, 3.63) is 77.1 Å². The number of benzene rings is 1. The van der Waals surface area contributed by atoms with Crippen LogP contribution in [0.4, 0.5) is 0 Å². The predicted octanol–water partition coefficient (Wildman–Crippen LogP) is 6.63. The molecule has 0 unspecified atom stereocenters. The van der Waals surface area contributed by atoms with Crippen LogP contribution in [0, 0.1) is 0 Å². The van der Waals surface area contributed by atoms with Crippen molar-refractivity contribution in [1.29, 1.82) is 0 Å². The van der Waals surface area contributed by atoms with E-state index in [0.29, 0.717) is 0 Å². The fourth-order valence-electron chi connectivity index (χ4n) is 2.56. The van der Waals surface area contributed by atoms with Crippen LogP contribution in [0.25, 0.3) is 6.08 Å². The molecule has 0 aromatic heterocycles. The van der Waals surface area contributed by atoms with Crippen LogP contribution >= 0.6 is 0 Å². The summed E-state index contributed by atoms with van der Waals surface area (Å²) in [4.78, 5) is 0. The van der Waals surface area contributed by atoms with Gasteiger partial charge in [-0.3, -0.25) is 0 Å². The van der Waals surface area contributed by atoms with Gasteiger partial charge in [-0.2, -0.15) is 0 Å². The standard InChI is InChI=1S/C23H30O/c1-3-5-8-20-11-14-22(15-12-20)16-13-21-9-7-10-23(18-17-21)24-19-6-4-2/h7,9,11-18H,3-6,8,10,19H2,1-2H3/b16-13+. The van der Waals surface area contributed by atoms with Crippen molar-refractivity contribution in [3.8, 4) is 0 Å². The molecule has 128 valence electrons. The van der Waals surface area contributed by atoms with Gasteiger partial charge in [0.2, 0.25) is 0 Å². The van der Waals surface area contributed by atoms with Gasteiger partial charge in [0.05, 0.1) is 12.4 Å². The number of ether oxygens (including phenoxy) is 1. The number of unbranched alkanes of at least 4 members (excludes halogenated alkanes) is 2. The van der Waals surface area contributed by atoms with E-state index >= 15 is 0 Å². The van der Waals surface area contributed by atoms with Gasteiger partial charge in [-0.25, -0.2) is 0 Å². The lowest BCUT2D eigenvalue weighted by atomic mass is 10.1. The van der Waals surface area contributed by atoms with Gasteiger partial charge in [-0.15, -0.1) is 0 Å². The first kappa shape index (κ1) is 18.3. The summed E-state index contributed by atoms with van der Waals surface area (Å²) in [5, 5.41) is 0. The van der Waals surface area contributed by atoms with Crippen LogP contribution in [0.5, 0.6) is 0 Å². The Morgan fingerprint density at radius 2 is 1.75 bits per heavy atom. The van der Waals surface area contributed by atoms with E-state index in [9.17, 15) is 0 Å². The lowest BCUT2D eigenvalue weighted by molar-refractivity contribution is 0.203. The second-order valence-corrected chi connectivity index (χ2v) is 6.29. The van der Waals surface area contributed by atoms with E-state index < -0.39 is 0 Å². The molecule has 0 radical (unpaired) electrons. The topological polar surface area (TPSA) is 9.23 Å². The molecule has 0 amide bonds. The summed E-state index contributed by atoms with van der Waals surface area (Å²) in [6.45, 7) is 5.24. The molecule has 0 saturated heterocycles. The molecule has 24 heavy (non-hydrogen) atoms. The summed E-state index contributed by atoms with van der Waals surface area (Å²) in [6.07, 6.45) is 19.8. The molecule has 0 atom stereocenters. The SMILES string of the molecule is CCCCOC1=CC=C(/C=C/c2ccc(CCCC)cc2)C=CC1. The number of rotatable bonds is 9. The largest absolute Gasteiger partial charge is 0.498 e. The van der Waals surface area contributed by atoms with Crippen LogP contribution in [-0.2, 0) is 11.2 Å². The van der Waals surface area contributed by atoms with Crippen LogP contribution in [0.2, 0.25) is 0 Å². The molecular weight excluding hydrogens is 292 g/mol. The molecule has 0 bridgehead atoms. The molecule has 1 nitrogen and oxygen atoms in total. The van der Waals surface area contributed by atoms with Crippen LogP contribution in [0.15, 0.2) is 66.0 Å². The van der Waals surface area contributed by atoms with Gasteiger partial charge in [0.1, 0.15) is 0 Å². The molecule has 1 aliphatic carbocycles. The highest BCUT2D eigenvalue weighted by atomic mass is 16.5. The van der Waals surface area contributed by atoms with Crippen LogP contribution in [0.3, 0.4) is 0 Å². The minimum absolute atomic E-state index is 0.819. The second-order valence-electron chi connectivity index (χ2n) is 6.29. The van der Waals surface area contributed by atoms with E-state index in [2.05, 4.69) is 74.6 Å². The van der Waals surface area contributed by atoms with E-state index in [4.69, 9.17) is 4.74 Å². The Kier molecular flexibility index (Phi) is 8.17. The van der Waals surface area contributed by atoms with Crippen molar-refractivity contribution in [2.45, 2.75) is 52.4 Å². The zero-order valence-corrected chi connectivity index (χ0v) is 15.1. The van der Waals surface area contributed by atoms with Gasteiger partial charge < -0.3 is 4.74 Å². The summed E-state index contributed by atoms with van der Waals surface area (Å²) in [6, 6.07) is 8.90. The Balaban J connectivity index is 1.93. The van der Waals surface area contributed by atoms with Gasteiger partial charge in [-0.1, -0.05) is 81.3 Å². The third-order valence-corrected chi connectivity index (χ3v) is 4.14. The maximum atomic E-state index is 5.80. The highest BCUT2D eigenvalue weighted by Crippen LogP contribution is 2.16. The van der Waals surface area contributed by atoms with Gasteiger partial charge in [0.15, 0.2) is 0 Å². The van der Waals surface area contributed by atoms with Crippen molar-refractivity contribution >= 4 is 6.08 Å². The zero-order valence-electron chi connectivity index (χ0n) is 15.1. The van der Waals surface area contributed by atoms with Crippen LogP contribution in [0.1, 0.15) is 57.1 Å². The van der Waals surface area contributed by atoms with E-state index in [1.807, 2.05) is 0 Å². The molecule has 1 aromatic rings. The summed E-state index contributed by atoms with van der Waals surface area (Å²) in [5.41, 5.74) is 3.88. The van der Waals surface area contributed by atoms with Crippen LogP contribution in [-0.4, -0.2) is 6.61 Å². The molecule has 0 heterocycles. The van der Waals surface area contributed by atoms with Gasteiger partial charge >= 0.3 is 0 Å². The average molecular weight is 322 g/mol. The molecule has 0 aliphatic heterocycles. The van der Waals surface area contributed by atoms with Crippen LogP contribution < -0.4 is 0 Å². The minimum Gasteiger partial charge on any atom is -0.498 e. The van der Waals surface area contributed by atoms with E-state index in [1.165, 1.54) is 42.4 Å². The van der Waals surface area contributed by atoms with Crippen molar-refractivity contribution in [2.75, 3.05) is 6.61 Å². The molecule has 1 heteroatoms. The smallest absolute Gasteiger partial charge is 0.0997 e. The molecule has 1 aliphatic rings. The number of hydrogen-bond acceptors (Lipinski definition) is 1. The predicted molar refractivity (Wildman–Crippen MR) is 105 cm³/mol. The van der Waals surface area contributed by atoms with E-state index in [0.717, 1.165) is 25.2 Å². The number of hydrogen-bond donors (Lipinski definition) is 0. The Bertz CT molecular complexity index is 599. The maximum Gasteiger partial charge on any atom is 0.0997 e. The molecule has 2 rings (SSSR count). The summed E-state index contributed by atoms with van der Waals surface area (Å²) in [5.74, 6) is 1.06. The van der Waals surface area contributed by atoms with Gasteiger partial charge in [-0.05, 0) is 42.0 Å². The fourth-order valence-corrected chi connectivity index (χ4v) is 2.56. The van der Waals surface area contributed by atoms with Crippen molar-refractivity contribution in [2.24, 2.45) is 0 Å². The first-order valence-electron chi connectivity index (χ1n) is 9.29. The fraction of sp³-hybridized carbons (Fsp3) is 0.391. The van der Waals surface area contributed by atoms with Gasteiger partial charge in [0, 0.05) is 6.42 Å². The molecule has 1 aromatic carbocycles. The molecule has 0 fully saturated rings. The molecule has 0 spiro atoms. The lowest BCUT2D eigenvalue weighted by Crippen LogP contribution is -1.93. The first-order valence-corrected chi connectivity index (χ1v) is 9.29. The van der Waals surface area contributed by atoms with Crippen molar-refractivity contribution < 1.29 is 4.74 Å². The second kappa shape index (κ2) is 10.7.